The largest absolute Gasteiger partial charge is 0.359 e. The summed E-state index contributed by atoms with van der Waals surface area (Å²) >= 11 is 3.95. The summed E-state index contributed by atoms with van der Waals surface area (Å²) in [7, 11) is 0. The van der Waals surface area contributed by atoms with E-state index < -0.39 is 0 Å². The van der Waals surface area contributed by atoms with Crippen molar-refractivity contribution < 1.29 is 9.53 Å². The normalized spacial score (nSPS) is 39.9. The average Bonchev–Trinajstić information content (AvgIpc) is 3.28. The van der Waals surface area contributed by atoms with Crippen molar-refractivity contribution in [2.45, 2.75) is 94.3 Å². The predicted molar refractivity (Wildman–Crippen MR) is 129 cm³/mol. The maximum Gasteiger partial charge on any atom is 0.255 e. The highest BCUT2D eigenvalue weighted by Crippen LogP contribution is 2.68. The number of rotatable bonds is 5. The molecule has 0 radical (unpaired) electrons. The summed E-state index contributed by atoms with van der Waals surface area (Å²) in [6, 6.07) is 10.8. The Balaban J connectivity index is 1.36. The lowest BCUT2D eigenvalue weighted by molar-refractivity contribution is -0.198. The highest BCUT2D eigenvalue weighted by Gasteiger charge is 2.65. The fourth-order valence-electron chi connectivity index (χ4n) is 6.55. The lowest BCUT2D eigenvalue weighted by Gasteiger charge is -2.53. The molecule has 1 amide bonds. The van der Waals surface area contributed by atoms with Gasteiger partial charge in [-0.05, 0) is 55.4 Å². The van der Waals surface area contributed by atoms with Crippen molar-refractivity contribution in [3.05, 3.63) is 42.0 Å². The number of likely N-dealkylation sites (tertiary alicyclic amines) is 1. The first-order chi connectivity index (χ1) is 14.8. The minimum Gasteiger partial charge on any atom is -0.359 e. The third-order valence-electron chi connectivity index (χ3n) is 8.82. The zero-order chi connectivity index (χ0) is 21.8. The number of hydrogen-bond acceptors (Lipinski definition) is 2. The summed E-state index contributed by atoms with van der Waals surface area (Å²) in [6.07, 6.45) is 12.2. The van der Waals surface area contributed by atoms with Gasteiger partial charge < -0.3 is 9.64 Å². The number of amides is 1. The molecule has 1 aromatic rings. The number of halogens is 1. The fraction of sp³-hybridized carbons (Fsp3) is 0.667. The van der Waals surface area contributed by atoms with Gasteiger partial charge in [-0.3, -0.25) is 4.79 Å². The van der Waals surface area contributed by atoms with Gasteiger partial charge in [0.2, 0.25) is 0 Å². The molecule has 0 aromatic heterocycles. The van der Waals surface area contributed by atoms with Crippen LogP contribution >= 0.6 is 15.9 Å². The van der Waals surface area contributed by atoms with E-state index in [1.54, 1.807) is 0 Å². The standard InChI is InChI=1S/C27H36BrNO2/c1-26(2)20-16-23(28)27(3,17-21(20)26)31-24-22(15-14-18-10-6-4-7-11-18)29(25(24)30)19-12-8-5-9-13-19/h4,6-7,10-11,14-15,19-24H,5,8-9,12-13,16-17H2,1-3H3/b15-14+/t20-,21+,22-,23-,24+,27-/m1/s1. The van der Waals surface area contributed by atoms with Gasteiger partial charge in [-0.25, -0.2) is 0 Å². The highest BCUT2D eigenvalue weighted by molar-refractivity contribution is 9.09. The van der Waals surface area contributed by atoms with E-state index in [1.165, 1.54) is 24.8 Å². The first-order valence-electron chi connectivity index (χ1n) is 12.2. The van der Waals surface area contributed by atoms with Crippen LogP contribution in [0.3, 0.4) is 0 Å². The first-order valence-corrected chi connectivity index (χ1v) is 13.1. The zero-order valence-electron chi connectivity index (χ0n) is 19.1. The number of nitrogens with zero attached hydrogens (tertiary/aromatic N) is 1. The van der Waals surface area contributed by atoms with E-state index in [0.717, 1.165) is 31.6 Å². The molecule has 3 aliphatic carbocycles. The van der Waals surface area contributed by atoms with Crippen LogP contribution in [0.15, 0.2) is 36.4 Å². The molecule has 168 valence electrons. The maximum atomic E-state index is 13.4. The number of alkyl halides is 1. The van der Waals surface area contributed by atoms with E-state index in [4.69, 9.17) is 4.74 Å². The number of benzene rings is 1. The molecule has 1 aliphatic heterocycles. The number of carbonyl (C=O) groups excluding carboxylic acids is 1. The van der Waals surface area contributed by atoms with Crippen molar-refractivity contribution in [2.75, 3.05) is 0 Å². The van der Waals surface area contributed by atoms with Crippen LogP contribution in [0.5, 0.6) is 0 Å². The molecule has 0 bridgehead atoms. The molecule has 6 atom stereocenters. The van der Waals surface area contributed by atoms with E-state index in [-0.39, 0.29) is 23.7 Å². The smallest absolute Gasteiger partial charge is 0.255 e. The van der Waals surface area contributed by atoms with Gasteiger partial charge in [-0.1, -0.05) is 91.5 Å². The van der Waals surface area contributed by atoms with Crippen LogP contribution in [0.25, 0.3) is 6.08 Å². The van der Waals surface area contributed by atoms with Gasteiger partial charge in [0.05, 0.1) is 11.6 Å². The van der Waals surface area contributed by atoms with Crippen LogP contribution in [0.2, 0.25) is 0 Å². The third-order valence-corrected chi connectivity index (χ3v) is 10.2. The van der Waals surface area contributed by atoms with Gasteiger partial charge in [0.15, 0.2) is 6.10 Å². The van der Waals surface area contributed by atoms with Crippen LogP contribution in [-0.2, 0) is 9.53 Å². The molecule has 1 saturated heterocycles. The lowest BCUT2D eigenvalue weighted by Crippen LogP contribution is -2.70. The average molecular weight is 486 g/mol. The van der Waals surface area contributed by atoms with E-state index in [0.29, 0.717) is 22.2 Å². The second-order valence-corrected chi connectivity index (χ2v) is 12.2. The number of fused-ring (bicyclic) bond motifs is 1. The van der Waals surface area contributed by atoms with E-state index in [2.05, 4.69) is 78.0 Å². The topological polar surface area (TPSA) is 29.5 Å². The molecule has 3 nitrogen and oxygen atoms in total. The van der Waals surface area contributed by atoms with Gasteiger partial charge in [-0.15, -0.1) is 0 Å². The summed E-state index contributed by atoms with van der Waals surface area (Å²) in [5.41, 5.74) is 1.30. The van der Waals surface area contributed by atoms with Crippen molar-refractivity contribution in [1.82, 2.24) is 4.90 Å². The van der Waals surface area contributed by atoms with Gasteiger partial charge in [-0.2, -0.15) is 0 Å². The molecular weight excluding hydrogens is 450 g/mol. The van der Waals surface area contributed by atoms with Crippen molar-refractivity contribution in [3.63, 3.8) is 0 Å². The predicted octanol–water partition coefficient (Wildman–Crippen LogP) is 6.22. The van der Waals surface area contributed by atoms with Gasteiger partial charge in [0, 0.05) is 10.9 Å². The molecule has 3 saturated carbocycles. The number of ether oxygens (including phenoxy) is 1. The van der Waals surface area contributed by atoms with Gasteiger partial charge in [0.25, 0.3) is 5.91 Å². The summed E-state index contributed by atoms with van der Waals surface area (Å²) in [5, 5.41) is 0. The molecule has 0 unspecified atom stereocenters. The quantitative estimate of drug-likeness (QED) is 0.366. The van der Waals surface area contributed by atoms with Crippen LogP contribution in [0.1, 0.15) is 71.3 Å². The molecule has 4 aliphatic rings. The maximum absolute atomic E-state index is 13.4. The molecule has 5 rings (SSSR count). The molecule has 4 fully saturated rings. The Hall–Kier alpha value is -1.13. The van der Waals surface area contributed by atoms with Crippen molar-refractivity contribution >= 4 is 27.9 Å². The highest BCUT2D eigenvalue weighted by atomic mass is 79.9. The Morgan fingerprint density at radius 3 is 2.48 bits per heavy atom. The molecule has 1 aromatic carbocycles. The van der Waals surface area contributed by atoms with Crippen LogP contribution in [0.4, 0.5) is 0 Å². The summed E-state index contributed by atoms with van der Waals surface area (Å²) in [4.78, 5) is 15.8. The molecule has 4 heteroatoms. The SMILES string of the molecule is CC1(C)[C@@H]2C[C@@H](Br)[C@](C)(O[C@@H]3C(=O)N(C4CCCCC4)[C@@H]3/C=C/c3ccccc3)C[C@@H]21. The van der Waals surface area contributed by atoms with Crippen LogP contribution in [-0.4, -0.2) is 39.4 Å². The Bertz CT molecular complexity index is 846. The number of carbonyl (C=O) groups is 1. The van der Waals surface area contributed by atoms with E-state index >= 15 is 0 Å². The van der Waals surface area contributed by atoms with Crippen LogP contribution < -0.4 is 0 Å². The molecule has 31 heavy (non-hydrogen) atoms. The van der Waals surface area contributed by atoms with Crippen LogP contribution in [0, 0.1) is 17.3 Å². The van der Waals surface area contributed by atoms with E-state index in [9.17, 15) is 4.79 Å². The first kappa shape index (κ1) is 21.7. The Morgan fingerprint density at radius 1 is 1.06 bits per heavy atom. The molecule has 0 spiro atoms. The van der Waals surface area contributed by atoms with Gasteiger partial charge in [0.1, 0.15) is 0 Å². The summed E-state index contributed by atoms with van der Waals surface area (Å²) in [5.74, 6) is 1.71. The number of β-lactam (4-membered cyclic amide) rings is 1. The molecular formula is C27H36BrNO2. The Morgan fingerprint density at radius 2 is 1.77 bits per heavy atom. The summed E-state index contributed by atoms with van der Waals surface area (Å²) in [6.45, 7) is 7.00. The van der Waals surface area contributed by atoms with Crippen molar-refractivity contribution in [2.24, 2.45) is 17.3 Å². The summed E-state index contributed by atoms with van der Waals surface area (Å²) < 4.78 is 6.76. The fourth-order valence-corrected chi connectivity index (χ4v) is 7.25. The molecule has 1 heterocycles. The Kier molecular flexibility index (Phi) is 5.62. The second kappa shape index (κ2) is 8.02. The lowest BCUT2D eigenvalue weighted by atomic mass is 9.83. The second-order valence-electron chi connectivity index (χ2n) is 11.1. The minimum absolute atomic E-state index is 0.0391. The Labute approximate surface area is 195 Å². The van der Waals surface area contributed by atoms with E-state index in [1.807, 2.05) is 6.07 Å². The molecule has 0 N–H and O–H groups in total. The van der Waals surface area contributed by atoms with Crippen molar-refractivity contribution in [1.29, 1.82) is 0 Å². The third kappa shape index (κ3) is 3.82. The zero-order valence-corrected chi connectivity index (χ0v) is 20.7. The number of hydrogen-bond donors (Lipinski definition) is 0. The monoisotopic (exact) mass is 485 g/mol. The van der Waals surface area contributed by atoms with Crippen molar-refractivity contribution in [3.8, 4) is 0 Å². The van der Waals surface area contributed by atoms with Gasteiger partial charge >= 0.3 is 0 Å². The minimum atomic E-state index is -0.356.